The molecule has 3 aromatic rings. The Labute approximate surface area is 364 Å². The maximum atomic E-state index is 15.6. The number of amides is 1. The van der Waals surface area contributed by atoms with Gasteiger partial charge in [0, 0.05) is 37.2 Å². The smallest absolute Gasteiger partial charge is 0.338 e. The minimum Gasteiger partial charge on any atom is -0.456 e. The average Bonchev–Trinajstić information content (AvgIpc) is 3.26. The Morgan fingerprint density at radius 1 is 0.873 bits per heavy atom. The Bertz CT molecular complexity index is 2300. The van der Waals surface area contributed by atoms with Crippen molar-refractivity contribution in [3.05, 3.63) is 119 Å². The molecule has 1 saturated heterocycles. The van der Waals surface area contributed by atoms with E-state index in [4.69, 9.17) is 23.7 Å². The Hall–Kier alpha value is -5.74. The summed E-state index contributed by atoms with van der Waals surface area (Å²) in [6.45, 7) is 8.43. The van der Waals surface area contributed by atoms with Gasteiger partial charge in [-0.25, -0.2) is 9.59 Å². The molecule has 0 radical (unpaired) electrons. The second kappa shape index (κ2) is 17.1. The molecule has 7 rings (SSSR count). The van der Waals surface area contributed by atoms with Gasteiger partial charge in [0.2, 0.25) is 0 Å². The third kappa shape index (κ3) is 7.64. The van der Waals surface area contributed by atoms with Gasteiger partial charge >= 0.3 is 23.9 Å². The standard InChI is InChI=1S/C48H53NO14/c1-7-34(52)63-47-25-59-33(47)23-32(51)46(6)39(47)41(62-43(56)30-21-15-10-16-22-30)48(58)24-31(26(2)35(45(48,4)5)38(40(46)54)60-27(3)50)61-44(57)37(53)36(28-17-11-8-12-18-28)49-42(55)29-19-13-9-14-20-29/h8-22,31-33,36-39,41,51,53,58H,7,23-25H2,1-6H3,(H,49,55)/t31-,32-,33?,36-,37+,38+,39-,41-,46+,47-,48+/m0/s1. The molecule has 0 spiro atoms. The normalized spacial score (nSPS) is 31.5. The zero-order valence-corrected chi connectivity index (χ0v) is 35.9. The van der Waals surface area contributed by atoms with E-state index < -0.39 is 113 Å². The van der Waals surface area contributed by atoms with Gasteiger partial charge in [-0.3, -0.25) is 19.2 Å². The van der Waals surface area contributed by atoms with Gasteiger partial charge in [-0.15, -0.1) is 0 Å². The van der Waals surface area contributed by atoms with E-state index in [0.717, 1.165) is 6.92 Å². The van der Waals surface area contributed by atoms with Gasteiger partial charge in [-0.05, 0) is 54.8 Å². The maximum absolute atomic E-state index is 15.6. The molecule has 11 atom stereocenters. The van der Waals surface area contributed by atoms with Gasteiger partial charge in [0.1, 0.15) is 23.9 Å². The molecule has 334 valence electrons. The number of ether oxygens (including phenoxy) is 5. The molecule has 63 heavy (non-hydrogen) atoms. The van der Waals surface area contributed by atoms with Crippen molar-refractivity contribution < 1.29 is 67.8 Å². The lowest BCUT2D eigenvalue weighted by molar-refractivity contribution is -0.346. The number of hydrogen-bond acceptors (Lipinski definition) is 14. The molecule has 1 amide bonds. The van der Waals surface area contributed by atoms with E-state index in [1.165, 1.54) is 26.0 Å². The van der Waals surface area contributed by atoms with Crippen molar-refractivity contribution in [2.24, 2.45) is 16.7 Å². The van der Waals surface area contributed by atoms with E-state index >= 15 is 4.79 Å². The van der Waals surface area contributed by atoms with E-state index in [2.05, 4.69) is 5.32 Å². The molecule has 2 saturated carbocycles. The lowest BCUT2D eigenvalue weighted by Gasteiger charge is -2.67. The zero-order chi connectivity index (χ0) is 45.6. The Kier molecular flexibility index (Phi) is 12.3. The number of esters is 4. The van der Waals surface area contributed by atoms with Crippen molar-refractivity contribution >= 4 is 35.6 Å². The number of benzene rings is 3. The van der Waals surface area contributed by atoms with Crippen LogP contribution in [0.3, 0.4) is 0 Å². The van der Waals surface area contributed by atoms with Gasteiger partial charge in [0.05, 0.1) is 35.6 Å². The number of ketones is 1. The SMILES string of the molecule is CCC(=O)O[C@@]12COC1C[C@H](O)[C@@]1(C)C(=O)[C@H](OC(C)=O)C3=C(C)[C@@H](OC(=O)[C@H](O)[C@@H](NC(=O)c4ccccc4)c4ccccc4)C[C@@](O)([C@@H](OC(=O)c4ccccc4)[C@@H]12)C3(C)C. The second-order valence-electron chi connectivity index (χ2n) is 17.6. The number of carbonyl (C=O) groups is 6. The van der Waals surface area contributed by atoms with Crippen LogP contribution >= 0.6 is 0 Å². The predicted molar refractivity (Wildman–Crippen MR) is 222 cm³/mol. The summed E-state index contributed by atoms with van der Waals surface area (Å²) in [7, 11) is 0. The summed E-state index contributed by atoms with van der Waals surface area (Å²) < 4.78 is 30.5. The fraction of sp³-hybridized carbons (Fsp3) is 0.458. The van der Waals surface area contributed by atoms with E-state index in [-0.39, 0.29) is 41.7 Å². The van der Waals surface area contributed by atoms with E-state index in [1.807, 2.05) is 0 Å². The quantitative estimate of drug-likeness (QED) is 0.121. The van der Waals surface area contributed by atoms with Gasteiger partial charge < -0.3 is 44.3 Å². The molecule has 15 nitrogen and oxygen atoms in total. The fourth-order valence-corrected chi connectivity index (χ4v) is 10.2. The van der Waals surface area contributed by atoms with Crippen LogP contribution in [-0.4, -0.2) is 105 Å². The molecule has 15 heteroatoms. The summed E-state index contributed by atoms with van der Waals surface area (Å²) in [5.41, 5.74) is -7.01. The number of aliphatic hydroxyl groups excluding tert-OH is 2. The number of Topliss-reactive ketones (excluding diaryl/α,β-unsaturated/α-hetero) is 1. The lowest BCUT2D eigenvalue weighted by atomic mass is 9.44. The van der Waals surface area contributed by atoms with Crippen LogP contribution in [0.1, 0.15) is 93.1 Å². The van der Waals surface area contributed by atoms with Crippen molar-refractivity contribution in [1.29, 1.82) is 0 Å². The number of aliphatic hydroxyl groups is 3. The average molecular weight is 868 g/mol. The monoisotopic (exact) mass is 867 g/mol. The van der Waals surface area contributed by atoms with Crippen molar-refractivity contribution in [3.63, 3.8) is 0 Å². The van der Waals surface area contributed by atoms with Crippen LogP contribution in [0.5, 0.6) is 0 Å². The highest BCUT2D eigenvalue weighted by Crippen LogP contribution is 2.64. The minimum atomic E-state index is -2.39. The molecule has 4 aliphatic rings. The molecular weight excluding hydrogens is 815 g/mol. The molecular formula is C48H53NO14. The molecule has 3 aliphatic carbocycles. The minimum absolute atomic E-state index is 0.0000458. The number of carbonyl (C=O) groups excluding carboxylic acids is 6. The summed E-state index contributed by atoms with van der Waals surface area (Å²) >= 11 is 0. The molecule has 3 aromatic carbocycles. The maximum Gasteiger partial charge on any atom is 0.338 e. The largest absolute Gasteiger partial charge is 0.456 e. The molecule has 1 heterocycles. The van der Waals surface area contributed by atoms with Crippen LogP contribution in [0, 0.1) is 16.7 Å². The van der Waals surface area contributed by atoms with Crippen LogP contribution in [0.2, 0.25) is 0 Å². The Morgan fingerprint density at radius 3 is 2.02 bits per heavy atom. The van der Waals surface area contributed by atoms with E-state index in [9.17, 15) is 39.3 Å². The third-order valence-electron chi connectivity index (χ3n) is 13.7. The predicted octanol–water partition coefficient (Wildman–Crippen LogP) is 4.13. The first-order valence-corrected chi connectivity index (χ1v) is 21.0. The summed E-state index contributed by atoms with van der Waals surface area (Å²) in [6, 6.07) is 23.0. The van der Waals surface area contributed by atoms with Crippen LogP contribution in [-0.2, 0) is 42.9 Å². The second-order valence-corrected chi connectivity index (χ2v) is 17.6. The van der Waals surface area contributed by atoms with Gasteiger partial charge in [-0.1, -0.05) is 87.5 Å². The lowest BCUT2D eigenvalue weighted by Crippen LogP contribution is -2.82. The highest BCUT2D eigenvalue weighted by atomic mass is 16.6. The topological polar surface area (TPSA) is 221 Å². The first-order valence-electron chi connectivity index (χ1n) is 21.0. The van der Waals surface area contributed by atoms with Crippen LogP contribution in [0.25, 0.3) is 0 Å². The van der Waals surface area contributed by atoms with Crippen LogP contribution in [0.4, 0.5) is 0 Å². The van der Waals surface area contributed by atoms with Gasteiger partial charge in [-0.2, -0.15) is 0 Å². The van der Waals surface area contributed by atoms with Crippen molar-refractivity contribution in [1.82, 2.24) is 5.32 Å². The van der Waals surface area contributed by atoms with E-state index in [0.29, 0.717) is 5.56 Å². The first kappa shape index (κ1) is 45.3. The van der Waals surface area contributed by atoms with Gasteiger partial charge in [0.25, 0.3) is 5.91 Å². The molecule has 4 N–H and O–H groups in total. The summed E-state index contributed by atoms with van der Waals surface area (Å²) in [4.78, 5) is 84.0. The zero-order valence-electron chi connectivity index (χ0n) is 35.9. The summed E-state index contributed by atoms with van der Waals surface area (Å²) in [5, 5.41) is 40.4. The number of nitrogens with one attached hydrogen (secondary N) is 1. The molecule has 1 aliphatic heterocycles. The number of rotatable bonds is 11. The van der Waals surface area contributed by atoms with Gasteiger partial charge in [0.15, 0.2) is 23.6 Å². The van der Waals surface area contributed by atoms with E-state index in [1.54, 1.807) is 99.6 Å². The highest BCUT2D eigenvalue weighted by molar-refractivity contribution is 5.96. The van der Waals surface area contributed by atoms with Crippen molar-refractivity contribution in [2.75, 3.05) is 6.61 Å². The Balaban J connectivity index is 1.39. The number of fused-ring (bicyclic) bond motifs is 5. The molecule has 2 bridgehead atoms. The molecule has 1 unspecified atom stereocenters. The Morgan fingerprint density at radius 2 is 1.46 bits per heavy atom. The molecule has 0 aromatic heterocycles. The fourth-order valence-electron chi connectivity index (χ4n) is 10.2. The van der Waals surface area contributed by atoms with Crippen LogP contribution < -0.4 is 5.32 Å². The van der Waals surface area contributed by atoms with Crippen molar-refractivity contribution in [2.45, 2.75) is 115 Å². The molecule has 3 fully saturated rings. The first-order chi connectivity index (χ1) is 29.8. The summed E-state index contributed by atoms with van der Waals surface area (Å²) in [5.74, 6) is -6.74. The van der Waals surface area contributed by atoms with Crippen molar-refractivity contribution in [3.8, 4) is 0 Å². The third-order valence-corrected chi connectivity index (χ3v) is 13.7. The van der Waals surface area contributed by atoms with Crippen LogP contribution in [0.15, 0.2) is 102 Å². The number of hydrogen-bond donors (Lipinski definition) is 4. The summed E-state index contributed by atoms with van der Waals surface area (Å²) in [6.07, 6.45) is -10.6. The highest BCUT2D eigenvalue weighted by Gasteiger charge is 2.78.